The van der Waals surface area contributed by atoms with E-state index in [9.17, 15) is 9.59 Å². The molecule has 6 nitrogen and oxygen atoms in total. The van der Waals surface area contributed by atoms with Gasteiger partial charge in [-0.05, 0) is 18.9 Å². The number of carboxylic acid groups (broad SMARTS) is 1. The Morgan fingerprint density at radius 1 is 1.47 bits per heavy atom. The highest BCUT2D eigenvalue weighted by atomic mass is 16.4. The van der Waals surface area contributed by atoms with Crippen LogP contribution in [0.5, 0.6) is 0 Å². The van der Waals surface area contributed by atoms with Crippen LogP contribution in [0.2, 0.25) is 0 Å². The third-order valence-electron chi connectivity index (χ3n) is 2.98. The molecule has 2 rings (SSSR count). The van der Waals surface area contributed by atoms with Crippen molar-refractivity contribution in [1.82, 2.24) is 14.7 Å². The van der Waals surface area contributed by atoms with Crippen LogP contribution in [-0.2, 0) is 16.1 Å². The monoisotopic (exact) mass is 237 g/mol. The third kappa shape index (κ3) is 2.83. The molecule has 17 heavy (non-hydrogen) atoms. The minimum Gasteiger partial charge on any atom is -0.481 e. The predicted molar refractivity (Wildman–Crippen MR) is 59.2 cm³/mol. The average molecular weight is 237 g/mol. The van der Waals surface area contributed by atoms with Crippen LogP contribution in [0.4, 0.5) is 0 Å². The Labute approximate surface area is 98.8 Å². The number of hydrogen-bond acceptors (Lipinski definition) is 3. The molecule has 1 aliphatic heterocycles. The van der Waals surface area contributed by atoms with E-state index in [0.717, 1.165) is 6.42 Å². The van der Waals surface area contributed by atoms with Crippen LogP contribution in [0.15, 0.2) is 18.5 Å². The van der Waals surface area contributed by atoms with E-state index in [-0.39, 0.29) is 12.5 Å². The van der Waals surface area contributed by atoms with Crippen molar-refractivity contribution in [1.29, 1.82) is 0 Å². The van der Waals surface area contributed by atoms with Crippen molar-refractivity contribution < 1.29 is 14.7 Å². The SMILES string of the molecule is O=C(O)C1CCCN(C(=O)Cn2cccn2)C1. The van der Waals surface area contributed by atoms with E-state index in [4.69, 9.17) is 5.11 Å². The average Bonchev–Trinajstić information content (AvgIpc) is 2.82. The number of carbonyl (C=O) groups excluding carboxylic acids is 1. The molecule has 0 saturated carbocycles. The normalized spacial score (nSPS) is 20.2. The molecular formula is C11H15N3O3. The molecule has 1 aromatic heterocycles. The van der Waals surface area contributed by atoms with Crippen molar-refractivity contribution >= 4 is 11.9 Å². The number of amides is 1. The van der Waals surface area contributed by atoms with Gasteiger partial charge in [0.25, 0.3) is 0 Å². The number of aromatic nitrogens is 2. The summed E-state index contributed by atoms with van der Waals surface area (Å²) in [6, 6.07) is 1.75. The fourth-order valence-corrected chi connectivity index (χ4v) is 2.04. The molecule has 6 heteroatoms. The summed E-state index contributed by atoms with van der Waals surface area (Å²) in [4.78, 5) is 24.4. The van der Waals surface area contributed by atoms with Crippen molar-refractivity contribution in [2.24, 2.45) is 5.92 Å². The fraction of sp³-hybridized carbons (Fsp3) is 0.545. The van der Waals surface area contributed by atoms with Gasteiger partial charge >= 0.3 is 5.97 Å². The van der Waals surface area contributed by atoms with Crippen molar-refractivity contribution in [2.45, 2.75) is 19.4 Å². The molecule has 2 heterocycles. The van der Waals surface area contributed by atoms with Gasteiger partial charge in [-0.15, -0.1) is 0 Å². The number of carboxylic acids is 1. The summed E-state index contributed by atoms with van der Waals surface area (Å²) in [6.07, 6.45) is 4.74. The minimum absolute atomic E-state index is 0.0698. The van der Waals surface area contributed by atoms with Crippen LogP contribution in [0.3, 0.4) is 0 Å². The highest BCUT2D eigenvalue weighted by Gasteiger charge is 2.27. The standard InChI is InChI=1S/C11H15N3O3/c15-10(8-14-6-2-4-12-14)13-5-1-3-9(7-13)11(16)17/h2,4,6,9H,1,3,5,7-8H2,(H,16,17). The summed E-state index contributed by atoms with van der Waals surface area (Å²) in [5, 5.41) is 12.9. The summed E-state index contributed by atoms with van der Waals surface area (Å²) in [5.74, 6) is -1.31. The molecule has 1 aromatic rings. The zero-order chi connectivity index (χ0) is 12.3. The number of carbonyl (C=O) groups is 2. The van der Waals surface area contributed by atoms with Crippen molar-refractivity contribution in [2.75, 3.05) is 13.1 Å². The smallest absolute Gasteiger partial charge is 0.308 e. The van der Waals surface area contributed by atoms with Gasteiger partial charge in [-0.25, -0.2) is 0 Å². The summed E-state index contributed by atoms with van der Waals surface area (Å²) >= 11 is 0. The molecule has 0 aliphatic carbocycles. The van der Waals surface area contributed by atoms with Crippen molar-refractivity contribution in [3.63, 3.8) is 0 Å². The molecule has 0 radical (unpaired) electrons. The summed E-state index contributed by atoms with van der Waals surface area (Å²) in [7, 11) is 0. The van der Waals surface area contributed by atoms with Crippen LogP contribution in [0, 0.1) is 5.92 Å². The Morgan fingerprint density at radius 3 is 2.94 bits per heavy atom. The lowest BCUT2D eigenvalue weighted by Gasteiger charge is -2.30. The maximum Gasteiger partial charge on any atom is 0.308 e. The second-order valence-corrected chi connectivity index (χ2v) is 4.22. The molecule has 1 atom stereocenters. The Kier molecular flexibility index (Phi) is 3.41. The van der Waals surface area contributed by atoms with Gasteiger partial charge in [-0.3, -0.25) is 14.3 Å². The Morgan fingerprint density at radius 2 is 2.29 bits per heavy atom. The topological polar surface area (TPSA) is 75.4 Å². The Balaban J connectivity index is 1.93. The molecule has 0 aromatic carbocycles. The van der Waals surface area contributed by atoms with Crippen LogP contribution in [-0.4, -0.2) is 44.8 Å². The second-order valence-electron chi connectivity index (χ2n) is 4.22. The molecule has 1 saturated heterocycles. The number of rotatable bonds is 3. The summed E-state index contributed by atoms with van der Waals surface area (Å²) < 4.78 is 1.55. The van der Waals surface area contributed by atoms with E-state index >= 15 is 0 Å². The highest BCUT2D eigenvalue weighted by molar-refractivity contribution is 5.77. The Bertz CT molecular complexity index is 402. The van der Waals surface area contributed by atoms with E-state index in [1.54, 1.807) is 28.0 Å². The van der Waals surface area contributed by atoms with Gasteiger partial charge in [0.1, 0.15) is 6.54 Å². The summed E-state index contributed by atoms with van der Waals surface area (Å²) in [5.41, 5.74) is 0. The lowest BCUT2D eigenvalue weighted by molar-refractivity contribution is -0.145. The van der Waals surface area contributed by atoms with Crippen LogP contribution >= 0.6 is 0 Å². The second kappa shape index (κ2) is 4.99. The molecule has 1 unspecified atom stereocenters. The van der Waals surface area contributed by atoms with E-state index in [1.165, 1.54) is 0 Å². The molecule has 1 fully saturated rings. The van der Waals surface area contributed by atoms with Crippen molar-refractivity contribution in [3.05, 3.63) is 18.5 Å². The first kappa shape index (κ1) is 11.6. The molecule has 1 N–H and O–H groups in total. The number of nitrogens with zero attached hydrogens (tertiary/aromatic N) is 3. The molecule has 1 amide bonds. The first-order valence-corrected chi connectivity index (χ1v) is 5.65. The number of likely N-dealkylation sites (tertiary alicyclic amines) is 1. The van der Waals surface area contributed by atoms with Gasteiger partial charge in [0, 0.05) is 25.5 Å². The lowest BCUT2D eigenvalue weighted by Crippen LogP contribution is -2.43. The quantitative estimate of drug-likeness (QED) is 0.815. The third-order valence-corrected chi connectivity index (χ3v) is 2.98. The first-order valence-electron chi connectivity index (χ1n) is 5.65. The fourth-order valence-electron chi connectivity index (χ4n) is 2.04. The van der Waals surface area contributed by atoms with E-state index < -0.39 is 11.9 Å². The van der Waals surface area contributed by atoms with Crippen molar-refractivity contribution in [3.8, 4) is 0 Å². The zero-order valence-corrected chi connectivity index (χ0v) is 9.45. The van der Waals surface area contributed by atoms with Gasteiger partial charge in [0.2, 0.25) is 5.91 Å². The van der Waals surface area contributed by atoms with E-state index in [2.05, 4.69) is 5.10 Å². The van der Waals surface area contributed by atoms with E-state index in [1.807, 2.05) is 0 Å². The minimum atomic E-state index is -0.818. The van der Waals surface area contributed by atoms with Gasteiger partial charge in [-0.1, -0.05) is 0 Å². The predicted octanol–water partition coefficient (Wildman–Crippen LogP) is 0.206. The molecule has 1 aliphatic rings. The highest BCUT2D eigenvalue weighted by Crippen LogP contribution is 2.16. The van der Waals surface area contributed by atoms with Crippen LogP contribution in [0.1, 0.15) is 12.8 Å². The van der Waals surface area contributed by atoms with Gasteiger partial charge < -0.3 is 10.0 Å². The number of aliphatic carboxylic acids is 1. The Hall–Kier alpha value is -1.85. The van der Waals surface area contributed by atoms with Gasteiger partial charge in [-0.2, -0.15) is 5.10 Å². The van der Waals surface area contributed by atoms with Gasteiger partial charge in [0.15, 0.2) is 0 Å². The first-order chi connectivity index (χ1) is 8.16. The molecular weight excluding hydrogens is 222 g/mol. The maximum atomic E-state index is 11.9. The van der Waals surface area contributed by atoms with Gasteiger partial charge in [0.05, 0.1) is 5.92 Å². The molecule has 0 bridgehead atoms. The zero-order valence-electron chi connectivity index (χ0n) is 9.45. The number of hydrogen-bond donors (Lipinski definition) is 1. The van der Waals surface area contributed by atoms with Crippen LogP contribution in [0.25, 0.3) is 0 Å². The summed E-state index contributed by atoms with van der Waals surface area (Å²) in [6.45, 7) is 1.14. The largest absolute Gasteiger partial charge is 0.481 e. The van der Waals surface area contributed by atoms with Crippen LogP contribution < -0.4 is 0 Å². The molecule has 92 valence electrons. The maximum absolute atomic E-state index is 11.9. The molecule has 0 spiro atoms. The lowest BCUT2D eigenvalue weighted by atomic mass is 9.98. The van der Waals surface area contributed by atoms with E-state index in [0.29, 0.717) is 19.5 Å². The number of piperidine rings is 1.